The summed E-state index contributed by atoms with van der Waals surface area (Å²) in [5.74, 6) is -0.158. The monoisotopic (exact) mass is 339 g/mol. The zero-order valence-corrected chi connectivity index (χ0v) is 14.6. The van der Waals surface area contributed by atoms with Gasteiger partial charge in [0.15, 0.2) is 0 Å². The van der Waals surface area contributed by atoms with E-state index >= 15 is 0 Å². The Morgan fingerprint density at radius 3 is 2.45 bits per heavy atom. The number of amides is 1. The van der Waals surface area contributed by atoms with Crippen LogP contribution in [0.5, 0.6) is 0 Å². The van der Waals surface area contributed by atoms with Gasteiger partial charge in [-0.25, -0.2) is 4.98 Å². The third kappa shape index (κ3) is 4.53. The molecule has 1 amide bonds. The maximum absolute atomic E-state index is 12.4. The molecule has 1 atom stereocenters. The Morgan fingerprint density at radius 1 is 1.32 bits per heavy atom. The SMILES string of the molecule is CC(C)(C)C(NC(=O)c1csc(CN)n1)c1ccccc1.Cl. The molecule has 2 rings (SSSR count). The number of benzene rings is 1. The van der Waals surface area contributed by atoms with E-state index in [1.165, 1.54) is 11.3 Å². The summed E-state index contributed by atoms with van der Waals surface area (Å²) in [5.41, 5.74) is 6.97. The summed E-state index contributed by atoms with van der Waals surface area (Å²) < 4.78 is 0. The normalized spacial score (nSPS) is 12.4. The minimum absolute atomic E-state index is 0. The van der Waals surface area contributed by atoms with E-state index in [1.807, 2.05) is 30.3 Å². The van der Waals surface area contributed by atoms with Crippen molar-refractivity contribution in [1.82, 2.24) is 10.3 Å². The smallest absolute Gasteiger partial charge is 0.271 e. The van der Waals surface area contributed by atoms with Crippen molar-refractivity contribution in [2.45, 2.75) is 33.4 Å². The highest BCUT2D eigenvalue weighted by Crippen LogP contribution is 2.32. The van der Waals surface area contributed by atoms with Crippen LogP contribution in [0.1, 0.15) is 47.9 Å². The van der Waals surface area contributed by atoms with Crippen molar-refractivity contribution >= 4 is 29.7 Å². The number of aromatic nitrogens is 1. The Balaban J connectivity index is 0.00000242. The summed E-state index contributed by atoms with van der Waals surface area (Å²) in [6.07, 6.45) is 0. The Morgan fingerprint density at radius 2 is 1.95 bits per heavy atom. The van der Waals surface area contributed by atoms with E-state index < -0.39 is 0 Å². The predicted octanol–water partition coefficient (Wildman–Crippen LogP) is 3.54. The van der Waals surface area contributed by atoms with Crippen LogP contribution in [0.15, 0.2) is 35.7 Å². The van der Waals surface area contributed by atoms with Crippen LogP contribution in [-0.2, 0) is 6.54 Å². The maximum Gasteiger partial charge on any atom is 0.271 e. The Kier molecular flexibility index (Phi) is 6.53. The van der Waals surface area contributed by atoms with E-state index in [2.05, 4.69) is 31.1 Å². The standard InChI is InChI=1S/C16H21N3OS.ClH/c1-16(2,3)14(11-7-5-4-6-8-11)19-15(20)12-10-21-13(9-17)18-12;/h4-8,10,14H,9,17H2,1-3H3,(H,19,20);1H. The molecule has 0 radical (unpaired) electrons. The second-order valence-corrected chi connectivity index (χ2v) is 6.96. The summed E-state index contributed by atoms with van der Waals surface area (Å²) in [7, 11) is 0. The molecule has 1 aromatic carbocycles. The number of nitrogens with one attached hydrogen (secondary N) is 1. The number of thiazole rings is 1. The molecule has 0 spiro atoms. The summed E-state index contributed by atoms with van der Waals surface area (Å²) >= 11 is 1.41. The summed E-state index contributed by atoms with van der Waals surface area (Å²) in [6.45, 7) is 6.69. The van der Waals surface area contributed by atoms with Crippen LogP contribution in [0, 0.1) is 5.41 Å². The molecule has 0 bridgehead atoms. The van der Waals surface area contributed by atoms with Crippen molar-refractivity contribution in [1.29, 1.82) is 0 Å². The van der Waals surface area contributed by atoms with Crippen LogP contribution < -0.4 is 11.1 Å². The van der Waals surface area contributed by atoms with Crippen LogP contribution >= 0.6 is 23.7 Å². The van der Waals surface area contributed by atoms with Gasteiger partial charge in [0, 0.05) is 11.9 Å². The number of hydrogen-bond donors (Lipinski definition) is 2. The minimum Gasteiger partial charge on any atom is -0.343 e. The van der Waals surface area contributed by atoms with Gasteiger partial charge in [0.25, 0.3) is 5.91 Å². The third-order valence-electron chi connectivity index (χ3n) is 3.23. The lowest BCUT2D eigenvalue weighted by atomic mass is 9.82. The van der Waals surface area contributed by atoms with Crippen molar-refractivity contribution in [3.63, 3.8) is 0 Å². The molecule has 0 aliphatic carbocycles. The number of carbonyl (C=O) groups is 1. The van der Waals surface area contributed by atoms with Gasteiger partial charge in [-0.1, -0.05) is 51.1 Å². The molecule has 6 heteroatoms. The number of halogens is 1. The van der Waals surface area contributed by atoms with Crippen LogP contribution in [0.3, 0.4) is 0 Å². The first-order valence-corrected chi connectivity index (χ1v) is 7.80. The van der Waals surface area contributed by atoms with E-state index in [0.29, 0.717) is 12.2 Å². The fraction of sp³-hybridized carbons (Fsp3) is 0.375. The van der Waals surface area contributed by atoms with Gasteiger partial charge in [0.1, 0.15) is 10.7 Å². The molecule has 0 fully saturated rings. The highest BCUT2D eigenvalue weighted by molar-refractivity contribution is 7.09. The van der Waals surface area contributed by atoms with Gasteiger partial charge in [-0.2, -0.15) is 0 Å². The third-order valence-corrected chi connectivity index (χ3v) is 4.10. The van der Waals surface area contributed by atoms with Crippen LogP contribution in [0.2, 0.25) is 0 Å². The Hall–Kier alpha value is -1.43. The van der Waals surface area contributed by atoms with Gasteiger partial charge in [-0.3, -0.25) is 4.79 Å². The van der Waals surface area contributed by atoms with E-state index in [-0.39, 0.29) is 29.8 Å². The summed E-state index contributed by atoms with van der Waals surface area (Å²) in [4.78, 5) is 16.6. The average Bonchev–Trinajstić information content (AvgIpc) is 2.93. The zero-order valence-electron chi connectivity index (χ0n) is 13.0. The summed E-state index contributed by atoms with van der Waals surface area (Å²) in [5, 5.41) is 5.61. The van der Waals surface area contributed by atoms with Gasteiger partial charge >= 0.3 is 0 Å². The largest absolute Gasteiger partial charge is 0.343 e. The minimum atomic E-state index is -0.158. The van der Waals surface area contributed by atoms with E-state index in [1.54, 1.807) is 5.38 Å². The Bertz CT molecular complexity index is 607. The number of carbonyl (C=O) groups excluding carboxylic acids is 1. The molecule has 0 aliphatic rings. The quantitative estimate of drug-likeness (QED) is 0.895. The van der Waals surface area contributed by atoms with Crippen LogP contribution in [0.4, 0.5) is 0 Å². The number of nitrogens with zero attached hydrogens (tertiary/aromatic N) is 1. The lowest BCUT2D eigenvalue weighted by Crippen LogP contribution is -2.36. The number of hydrogen-bond acceptors (Lipinski definition) is 4. The molecule has 1 unspecified atom stereocenters. The average molecular weight is 340 g/mol. The molecule has 22 heavy (non-hydrogen) atoms. The zero-order chi connectivity index (χ0) is 15.5. The molecule has 3 N–H and O–H groups in total. The van der Waals surface area contributed by atoms with E-state index in [4.69, 9.17) is 5.73 Å². The van der Waals surface area contributed by atoms with Crippen molar-refractivity contribution in [2.75, 3.05) is 0 Å². The van der Waals surface area contributed by atoms with Gasteiger partial charge < -0.3 is 11.1 Å². The van der Waals surface area contributed by atoms with E-state index in [0.717, 1.165) is 10.6 Å². The van der Waals surface area contributed by atoms with Gasteiger partial charge in [0.2, 0.25) is 0 Å². The van der Waals surface area contributed by atoms with E-state index in [9.17, 15) is 4.79 Å². The first kappa shape index (κ1) is 18.6. The fourth-order valence-electron chi connectivity index (χ4n) is 2.16. The van der Waals surface area contributed by atoms with Crippen molar-refractivity contribution in [3.8, 4) is 0 Å². The second-order valence-electron chi connectivity index (χ2n) is 6.01. The molecule has 1 heterocycles. The number of rotatable bonds is 4. The highest BCUT2D eigenvalue weighted by Gasteiger charge is 2.28. The van der Waals surface area contributed by atoms with Crippen LogP contribution in [0.25, 0.3) is 0 Å². The van der Waals surface area contributed by atoms with Crippen molar-refractivity contribution in [3.05, 3.63) is 52.0 Å². The molecule has 1 aromatic heterocycles. The molecule has 4 nitrogen and oxygen atoms in total. The highest BCUT2D eigenvalue weighted by atomic mass is 35.5. The number of nitrogens with two attached hydrogens (primary N) is 1. The van der Waals surface area contributed by atoms with Crippen molar-refractivity contribution in [2.24, 2.45) is 11.1 Å². The molecular formula is C16H22ClN3OS. The molecule has 0 saturated heterocycles. The predicted molar refractivity (Wildman–Crippen MR) is 93.4 cm³/mol. The fourth-order valence-corrected chi connectivity index (χ4v) is 2.81. The Labute approximate surface area is 141 Å². The topological polar surface area (TPSA) is 68.0 Å². The van der Waals surface area contributed by atoms with Gasteiger partial charge in [0.05, 0.1) is 6.04 Å². The summed E-state index contributed by atoms with van der Waals surface area (Å²) in [6, 6.07) is 9.92. The maximum atomic E-state index is 12.4. The lowest BCUT2D eigenvalue weighted by Gasteiger charge is -2.31. The molecule has 0 aliphatic heterocycles. The molecule has 120 valence electrons. The first-order valence-electron chi connectivity index (χ1n) is 6.92. The second kappa shape index (κ2) is 7.72. The lowest BCUT2D eigenvalue weighted by molar-refractivity contribution is 0.0897. The van der Waals surface area contributed by atoms with Crippen molar-refractivity contribution < 1.29 is 4.79 Å². The van der Waals surface area contributed by atoms with Gasteiger partial charge in [-0.05, 0) is 11.0 Å². The molecule has 0 saturated carbocycles. The first-order chi connectivity index (χ1) is 9.91. The van der Waals surface area contributed by atoms with Gasteiger partial charge in [-0.15, -0.1) is 23.7 Å². The van der Waals surface area contributed by atoms with Crippen LogP contribution in [-0.4, -0.2) is 10.9 Å². The molecular weight excluding hydrogens is 318 g/mol. The molecule has 2 aromatic rings.